The first-order valence-corrected chi connectivity index (χ1v) is 6.34. The fourth-order valence-corrected chi connectivity index (χ4v) is 3.18. The van der Waals surface area contributed by atoms with Gasteiger partial charge in [-0.05, 0) is 24.8 Å². The van der Waals surface area contributed by atoms with Gasteiger partial charge in [0.25, 0.3) is 0 Å². The van der Waals surface area contributed by atoms with E-state index in [0.717, 1.165) is 25.2 Å². The Hall–Kier alpha value is -1.29. The first-order chi connectivity index (χ1) is 8.28. The van der Waals surface area contributed by atoms with Gasteiger partial charge < -0.3 is 15.3 Å². The highest BCUT2D eigenvalue weighted by Crippen LogP contribution is 2.39. The van der Waals surface area contributed by atoms with Gasteiger partial charge in [-0.2, -0.15) is 0 Å². The summed E-state index contributed by atoms with van der Waals surface area (Å²) in [5, 5.41) is 13.0. The van der Waals surface area contributed by atoms with E-state index in [4.69, 9.17) is 0 Å². The molecular weight excluding hydrogens is 214 g/mol. The topological polar surface area (TPSA) is 48.4 Å². The van der Waals surface area contributed by atoms with E-state index in [9.17, 15) is 5.11 Å². The van der Waals surface area contributed by atoms with Crippen LogP contribution in [0.5, 0.6) is 0 Å². The zero-order valence-electron chi connectivity index (χ0n) is 10.1. The summed E-state index contributed by atoms with van der Waals surface area (Å²) < 4.78 is 0. The van der Waals surface area contributed by atoms with Crippen molar-refractivity contribution >= 4 is 11.4 Å². The minimum Gasteiger partial charge on any atom is -0.393 e. The largest absolute Gasteiger partial charge is 0.393 e. The molecule has 0 amide bonds. The second kappa shape index (κ2) is 4.18. The van der Waals surface area contributed by atoms with Crippen LogP contribution in [0.4, 0.5) is 11.4 Å². The fraction of sp³-hybridized carbons (Fsp3) is 0.615. The lowest BCUT2D eigenvalue weighted by molar-refractivity contribution is 0.133. The maximum Gasteiger partial charge on any atom is 0.0588 e. The highest BCUT2D eigenvalue weighted by molar-refractivity contribution is 5.56. The number of aliphatic hydroxyl groups is 1. The van der Waals surface area contributed by atoms with Gasteiger partial charge in [0.2, 0.25) is 0 Å². The number of nitrogens with one attached hydrogen (secondary N) is 1. The first-order valence-electron chi connectivity index (χ1n) is 6.34. The molecule has 17 heavy (non-hydrogen) atoms. The Morgan fingerprint density at radius 2 is 2.24 bits per heavy atom. The van der Waals surface area contributed by atoms with Crippen LogP contribution < -0.4 is 10.2 Å². The van der Waals surface area contributed by atoms with Gasteiger partial charge in [-0.15, -0.1) is 0 Å². The minimum absolute atomic E-state index is 0.0922. The fourth-order valence-electron chi connectivity index (χ4n) is 3.18. The lowest BCUT2D eigenvalue weighted by atomic mass is 10.00. The summed E-state index contributed by atoms with van der Waals surface area (Å²) in [6.07, 6.45) is 5.80. The lowest BCUT2D eigenvalue weighted by Crippen LogP contribution is -2.24. The van der Waals surface area contributed by atoms with Crippen molar-refractivity contribution in [2.45, 2.75) is 18.9 Å². The van der Waals surface area contributed by atoms with Gasteiger partial charge in [0.15, 0.2) is 0 Å². The Morgan fingerprint density at radius 1 is 1.35 bits per heavy atom. The van der Waals surface area contributed by atoms with E-state index in [2.05, 4.69) is 21.3 Å². The first kappa shape index (κ1) is 10.8. The van der Waals surface area contributed by atoms with Crippen molar-refractivity contribution in [3.05, 3.63) is 18.5 Å². The molecule has 2 N–H and O–H groups in total. The lowest BCUT2D eigenvalue weighted by Gasteiger charge is -2.20. The summed E-state index contributed by atoms with van der Waals surface area (Å²) >= 11 is 0. The molecule has 3 unspecified atom stereocenters. The molecule has 92 valence electrons. The summed E-state index contributed by atoms with van der Waals surface area (Å²) in [5.41, 5.74) is 2.21. The van der Waals surface area contributed by atoms with E-state index in [1.807, 2.05) is 19.4 Å². The van der Waals surface area contributed by atoms with E-state index < -0.39 is 0 Å². The molecule has 2 fully saturated rings. The van der Waals surface area contributed by atoms with Gasteiger partial charge >= 0.3 is 0 Å². The molecule has 1 aromatic heterocycles. The zero-order chi connectivity index (χ0) is 11.8. The summed E-state index contributed by atoms with van der Waals surface area (Å²) in [6, 6.07) is 2.13. The summed E-state index contributed by atoms with van der Waals surface area (Å²) in [6.45, 7) is 2.04. The molecule has 1 aromatic rings. The number of aromatic nitrogens is 1. The van der Waals surface area contributed by atoms with Crippen molar-refractivity contribution in [2.24, 2.45) is 11.8 Å². The molecule has 2 heterocycles. The number of hydrogen-bond acceptors (Lipinski definition) is 4. The van der Waals surface area contributed by atoms with Crippen molar-refractivity contribution < 1.29 is 5.11 Å². The SMILES string of the molecule is CNc1cncc(N2CC3CCC(O)C3C2)c1. The maximum absolute atomic E-state index is 9.91. The highest BCUT2D eigenvalue weighted by atomic mass is 16.3. The van der Waals surface area contributed by atoms with Crippen molar-refractivity contribution in [3.63, 3.8) is 0 Å². The van der Waals surface area contributed by atoms with E-state index in [1.165, 1.54) is 12.1 Å². The Kier molecular flexibility index (Phi) is 2.67. The van der Waals surface area contributed by atoms with Crippen molar-refractivity contribution in [1.29, 1.82) is 0 Å². The van der Waals surface area contributed by atoms with Crippen LogP contribution in [0.15, 0.2) is 18.5 Å². The van der Waals surface area contributed by atoms with E-state index in [-0.39, 0.29) is 6.10 Å². The van der Waals surface area contributed by atoms with E-state index in [0.29, 0.717) is 11.8 Å². The number of pyridine rings is 1. The molecule has 1 saturated heterocycles. The molecule has 1 aliphatic heterocycles. The van der Waals surface area contributed by atoms with Gasteiger partial charge in [0.1, 0.15) is 0 Å². The smallest absolute Gasteiger partial charge is 0.0588 e. The highest BCUT2D eigenvalue weighted by Gasteiger charge is 2.41. The number of aliphatic hydroxyl groups excluding tert-OH is 1. The molecule has 3 atom stereocenters. The summed E-state index contributed by atoms with van der Waals surface area (Å²) in [4.78, 5) is 6.60. The van der Waals surface area contributed by atoms with E-state index >= 15 is 0 Å². The third-order valence-electron chi connectivity index (χ3n) is 4.20. The van der Waals surface area contributed by atoms with Gasteiger partial charge in [0.05, 0.1) is 29.9 Å². The van der Waals surface area contributed by atoms with Crippen LogP contribution in [0.25, 0.3) is 0 Å². The molecule has 1 aliphatic carbocycles. The molecule has 2 aliphatic rings. The number of rotatable bonds is 2. The third kappa shape index (κ3) is 1.86. The molecule has 4 heteroatoms. The Labute approximate surface area is 102 Å². The van der Waals surface area contributed by atoms with Crippen LogP contribution in [0.1, 0.15) is 12.8 Å². The van der Waals surface area contributed by atoms with E-state index in [1.54, 1.807) is 0 Å². The molecular formula is C13H19N3O. The van der Waals surface area contributed by atoms with Crippen LogP contribution >= 0.6 is 0 Å². The molecule has 3 rings (SSSR count). The van der Waals surface area contributed by atoms with Crippen LogP contribution in [0, 0.1) is 11.8 Å². The molecule has 0 radical (unpaired) electrons. The predicted octanol–water partition coefficient (Wildman–Crippen LogP) is 1.33. The average molecular weight is 233 g/mol. The minimum atomic E-state index is -0.0922. The third-order valence-corrected chi connectivity index (χ3v) is 4.20. The predicted molar refractivity (Wildman–Crippen MR) is 68.2 cm³/mol. The quantitative estimate of drug-likeness (QED) is 0.809. The Bertz CT molecular complexity index is 409. The van der Waals surface area contributed by atoms with Crippen LogP contribution in [-0.2, 0) is 0 Å². The number of nitrogens with zero attached hydrogens (tertiary/aromatic N) is 2. The Morgan fingerprint density at radius 3 is 3.00 bits per heavy atom. The normalized spacial score (nSPS) is 31.6. The standard InChI is InChI=1S/C13H19N3O/c1-14-10-4-11(6-15-5-10)16-7-9-2-3-13(17)12(9)8-16/h4-6,9,12-14,17H,2-3,7-8H2,1H3. The van der Waals surface area contributed by atoms with Crippen molar-refractivity contribution in [1.82, 2.24) is 4.98 Å². The Balaban J connectivity index is 1.78. The van der Waals surface area contributed by atoms with Crippen LogP contribution in [0.2, 0.25) is 0 Å². The molecule has 0 spiro atoms. The van der Waals surface area contributed by atoms with Gasteiger partial charge in [-0.3, -0.25) is 4.98 Å². The number of hydrogen-bond donors (Lipinski definition) is 2. The van der Waals surface area contributed by atoms with Crippen LogP contribution in [0.3, 0.4) is 0 Å². The zero-order valence-corrected chi connectivity index (χ0v) is 10.1. The second-order valence-electron chi connectivity index (χ2n) is 5.16. The number of fused-ring (bicyclic) bond motifs is 1. The maximum atomic E-state index is 9.91. The van der Waals surface area contributed by atoms with Crippen molar-refractivity contribution in [3.8, 4) is 0 Å². The summed E-state index contributed by atoms with van der Waals surface area (Å²) in [5.74, 6) is 1.14. The average Bonchev–Trinajstić information content (AvgIpc) is 2.92. The van der Waals surface area contributed by atoms with Gasteiger partial charge in [-0.1, -0.05) is 0 Å². The summed E-state index contributed by atoms with van der Waals surface area (Å²) in [7, 11) is 1.91. The molecule has 0 aromatic carbocycles. The molecule has 0 bridgehead atoms. The molecule has 1 saturated carbocycles. The van der Waals surface area contributed by atoms with Gasteiger partial charge in [0, 0.05) is 26.1 Å². The molecule has 4 nitrogen and oxygen atoms in total. The van der Waals surface area contributed by atoms with Crippen LogP contribution in [-0.4, -0.2) is 36.3 Å². The van der Waals surface area contributed by atoms with Gasteiger partial charge in [-0.25, -0.2) is 0 Å². The monoisotopic (exact) mass is 233 g/mol. The second-order valence-corrected chi connectivity index (χ2v) is 5.16. The number of anilines is 2. The van der Waals surface area contributed by atoms with Crippen molar-refractivity contribution in [2.75, 3.05) is 30.4 Å².